The minimum absolute atomic E-state index is 0.361. The molecule has 0 aliphatic heterocycles. The van der Waals surface area contributed by atoms with E-state index in [-0.39, 0.29) is 5.82 Å². The third-order valence-corrected chi connectivity index (χ3v) is 8.72. The second-order valence-corrected chi connectivity index (χ2v) is 10.8. The summed E-state index contributed by atoms with van der Waals surface area (Å²) >= 11 is 0. The number of benzene rings is 6. The predicted molar refractivity (Wildman–Crippen MR) is 158 cm³/mol. The topological polar surface area (TPSA) is 26.3 Å². The molecule has 200 valence electrons. The molecule has 0 unspecified atom stereocenters. The van der Waals surface area contributed by atoms with E-state index in [1.165, 1.54) is 36.4 Å². The maximum atomic E-state index is 15.0. The summed E-state index contributed by atoms with van der Waals surface area (Å²) in [5, 5.41) is 3.28. The summed E-state index contributed by atoms with van der Waals surface area (Å²) < 4.78 is 57.5. The highest BCUT2D eigenvalue weighted by molar-refractivity contribution is 6.18. The Morgan fingerprint density at radius 1 is 0.429 bits per heavy atom. The zero-order valence-electron chi connectivity index (χ0n) is 21.9. The van der Waals surface area contributed by atoms with Crippen LogP contribution in [0.15, 0.2) is 124 Å². The van der Waals surface area contributed by atoms with Crippen molar-refractivity contribution in [1.29, 1.82) is 0 Å². The fraction of sp³-hybridized carbons (Fsp3) is 0.0270. The first-order valence-corrected chi connectivity index (χ1v) is 13.7. The van der Waals surface area contributed by atoms with Crippen LogP contribution in [0.1, 0.15) is 22.3 Å². The molecule has 0 spiro atoms. The normalized spacial score (nSPS) is 13.8. The lowest BCUT2D eigenvalue weighted by atomic mass is 9.67. The molecule has 9 rings (SSSR count). The van der Waals surface area contributed by atoms with Crippen molar-refractivity contribution in [2.24, 2.45) is 0 Å². The molecule has 0 N–H and O–H groups in total. The number of hydrogen-bond acceptors (Lipinski definition) is 2. The van der Waals surface area contributed by atoms with Crippen LogP contribution in [-0.2, 0) is 5.41 Å². The Morgan fingerprint density at radius 2 is 0.976 bits per heavy atom. The van der Waals surface area contributed by atoms with Gasteiger partial charge in [0.05, 0.1) is 5.41 Å². The van der Waals surface area contributed by atoms with Crippen LogP contribution in [0, 0.1) is 17.5 Å². The van der Waals surface area contributed by atoms with Gasteiger partial charge in [-0.25, -0.2) is 13.2 Å². The Bertz CT molecular complexity index is 2370. The van der Waals surface area contributed by atoms with Crippen molar-refractivity contribution in [3.05, 3.63) is 155 Å². The van der Waals surface area contributed by atoms with Crippen molar-refractivity contribution in [2.45, 2.75) is 5.41 Å². The van der Waals surface area contributed by atoms with E-state index in [0.29, 0.717) is 33.3 Å². The fourth-order valence-corrected chi connectivity index (χ4v) is 7.10. The molecule has 2 aromatic heterocycles. The largest absolute Gasteiger partial charge is 0.455 e. The lowest BCUT2D eigenvalue weighted by Crippen LogP contribution is -2.28. The third kappa shape index (κ3) is 2.90. The number of hydrogen-bond donors (Lipinski definition) is 0. The molecule has 0 saturated carbocycles. The van der Waals surface area contributed by atoms with Gasteiger partial charge < -0.3 is 8.83 Å². The highest BCUT2D eigenvalue weighted by Crippen LogP contribution is 2.60. The number of furan rings is 2. The highest BCUT2D eigenvalue weighted by atomic mass is 19.1. The van der Waals surface area contributed by atoms with Crippen LogP contribution in [0.25, 0.3) is 55.0 Å². The number of fused-ring (bicyclic) bond motifs is 11. The summed E-state index contributed by atoms with van der Waals surface area (Å²) in [6.45, 7) is 0. The maximum Gasteiger partial charge on any atom is 0.143 e. The molecule has 0 fully saturated rings. The standard InChI is InChI=1S/C37H19F3O2/c38-22-7-3-5-20(17-22)37(21-6-4-8-23(39)18-21)29-14-12-26-25-9-1-2-10-31(25)41-35(26)33(29)34-30(37)15-13-27-28-19-24(40)11-16-32(28)42-36(27)34/h1-19H. The molecule has 0 amide bonds. The molecule has 0 radical (unpaired) electrons. The van der Waals surface area contributed by atoms with E-state index in [0.717, 1.165) is 44.0 Å². The second-order valence-electron chi connectivity index (χ2n) is 10.8. The van der Waals surface area contributed by atoms with Crippen molar-refractivity contribution in [1.82, 2.24) is 0 Å². The van der Waals surface area contributed by atoms with Crippen molar-refractivity contribution >= 4 is 43.9 Å². The van der Waals surface area contributed by atoms with Gasteiger partial charge in [0.15, 0.2) is 0 Å². The van der Waals surface area contributed by atoms with Gasteiger partial charge in [-0.2, -0.15) is 0 Å². The zero-order chi connectivity index (χ0) is 28.2. The van der Waals surface area contributed by atoms with E-state index < -0.39 is 17.0 Å². The first-order chi connectivity index (χ1) is 20.5. The molecule has 6 aromatic carbocycles. The monoisotopic (exact) mass is 552 g/mol. The number of rotatable bonds is 2. The molecule has 2 heterocycles. The smallest absolute Gasteiger partial charge is 0.143 e. The summed E-state index contributed by atoms with van der Waals surface area (Å²) in [4.78, 5) is 0. The Hall–Kier alpha value is -5.29. The summed E-state index contributed by atoms with van der Waals surface area (Å²) in [6.07, 6.45) is 0. The van der Waals surface area contributed by atoms with Gasteiger partial charge in [0.25, 0.3) is 0 Å². The fourth-order valence-electron chi connectivity index (χ4n) is 7.10. The van der Waals surface area contributed by atoms with Crippen LogP contribution >= 0.6 is 0 Å². The quantitative estimate of drug-likeness (QED) is 0.213. The van der Waals surface area contributed by atoms with Crippen molar-refractivity contribution < 1.29 is 22.0 Å². The molecule has 1 aliphatic carbocycles. The Balaban J connectivity index is 1.55. The minimum Gasteiger partial charge on any atom is -0.455 e. The van der Waals surface area contributed by atoms with Crippen molar-refractivity contribution in [2.75, 3.05) is 0 Å². The van der Waals surface area contributed by atoms with E-state index in [9.17, 15) is 4.39 Å². The van der Waals surface area contributed by atoms with Crippen LogP contribution in [0.2, 0.25) is 0 Å². The second kappa shape index (κ2) is 8.14. The van der Waals surface area contributed by atoms with E-state index in [1.807, 2.05) is 60.7 Å². The summed E-state index contributed by atoms with van der Waals surface area (Å²) in [7, 11) is 0. The minimum atomic E-state index is -1.10. The van der Waals surface area contributed by atoms with Crippen LogP contribution in [0.3, 0.4) is 0 Å². The van der Waals surface area contributed by atoms with E-state index in [4.69, 9.17) is 8.83 Å². The molecule has 42 heavy (non-hydrogen) atoms. The average molecular weight is 553 g/mol. The third-order valence-electron chi connectivity index (χ3n) is 8.72. The lowest BCUT2D eigenvalue weighted by Gasteiger charge is -2.33. The van der Waals surface area contributed by atoms with Crippen LogP contribution in [0.5, 0.6) is 0 Å². The summed E-state index contributed by atoms with van der Waals surface area (Å²) in [5.41, 5.74) is 5.86. The average Bonchev–Trinajstić information content (AvgIpc) is 3.65. The van der Waals surface area contributed by atoms with Gasteiger partial charge in [0.1, 0.15) is 39.8 Å². The van der Waals surface area contributed by atoms with E-state index >= 15 is 8.78 Å². The summed E-state index contributed by atoms with van der Waals surface area (Å²) in [5.74, 6) is -1.16. The molecule has 1 aliphatic rings. The van der Waals surface area contributed by atoms with Crippen molar-refractivity contribution in [3.8, 4) is 11.1 Å². The molecule has 8 aromatic rings. The predicted octanol–water partition coefficient (Wildman–Crippen LogP) is 10.3. The summed E-state index contributed by atoms with van der Waals surface area (Å²) in [6, 6.07) is 33.1. The number of halogens is 3. The molecule has 0 saturated heterocycles. The first-order valence-electron chi connectivity index (χ1n) is 13.7. The molecular formula is C37H19F3O2. The zero-order valence-corrected chi connectivity index (χ0v) is 21.9. The van der Waals surface area contributed by atoms with Gasteiger partial charge in [-0.05, 0) is 70.8 Å². The number of para-hydroxylation sites is 1. The molecule has 2 nitrogen and oxygen atoms in total. The van der Waals surface area contributed by atoms with Gasteiger partial charge in [-0.3, -0.25) is 0 Å². The van der Waals surface area contributed by atoms with Crippen molar-refractivity contribution in [3.63, 3.8) is 0 Å². The van der Waals surface area contributed by atoms with Crippen LogP contribution in [-0.4, -0.2) is 0 Å². The van der Waals surface area contributed by atoms with Crippen LogP contribution < -0.4 is 0 Å². The Morgan fingerprint density at radius 3 is 1.60 bits per heavy atom. The highest BCUT2D eigenvalue weighted by Gasteiger charge is 2.49. The van der Waals surface area contributed by atoms with E-state index in [2.05, 4.69) is 0 Å². The van der Waals surface area contributed by atoms with Gasteiger partial charge in [-0.1, -0.05) is 66.7 Å². The van der Waals surface area contributed by atoms with Gasteiger partial charge in [-0.15, -0.1) is 0 Å². The Labute approximate surface area is 237 Å². The maximum absolute atomic E-state index is 15.0. The van der Waals surface area contributed by atoms with Gasteiger partial charge in [0, 0.05) is 32.7 Å². The first kappa shape index (κ1) is 23.4. The van der Waals surface area contributed by atoms with E-state index in [1.54, 1.807) is 18.2 Å². The molecule has 0 atom stereocenters. The lowest BCUT2D eigenvalue weighted by molar-refractivity contribution is 0.613. The van der Waals surface area contributed by atoms with Gasteiger partial charge >= 0.3 is 0 Å². The SMILES string of the molecule is Fc1cccc(C2(c3cccc(F)c3)c3ccc4c(oc5ccccc54)c3-c3c2ccc2c3oc3ccc(F)cc32)c1. The molecule has 5 heteroatoms. The van der Waals surface area contributed by atoms with Gasteiger partial charge in [0.2, 0.25) is 0 Å². The Kier molecular flexibility index (Phi) is 4.54. The van der Waals surface area contributed by atoms with Crippen LogP contribution in [0.4, 0.5) is 13.2 Å². The molecular weight excluding hydrogens is 533 g/mol. The molecule has 0 bridgehead atoms.